The van der Waals surface area contributed by atoms with E-state index in [2.05, 4.69) is 5.10 Å². The van der Waals surface area contributed by atoms with Crippen molar-refractivity contribution in [1.82, 2.24) is 5.01 Å². The molecule has 4 nitrogen and oxygen atoms in total. The van der Waals surface area contributed by atoms with Crippen molar-refractivity contribution in [1.29, 1.82) is 0 Å². The largest absolute Gasteiger partial charge is 0.329 e. The fourth-order valence-electron chi connectivity index (χ4n) is 1.56. The van der Waals surface area contributed by atoms with E-state index in [-0.39, 0.29) is 5.91 Å². The topological polar surface area (TPSA) is 58.7 Å². The lowest BCUT2D eigenvalue weighted by molar-refractivity contribution is -0.128. The molecule has 0 atom stereocenters. The molecule has 0 radical (unpaired) electrons. The number of nitrogens with zero attached hydrogens (tertiary/aromatic N) is 2. The van der Waals surface area contributed by atoms with E-state index in [0.29, 0.717) is 19.5 Å². The molecule has 1 aromatic carbocycles. The maximum atomic E-state index is 11.5. The van der Waals surface area contributed by atoms with Crippen LogP contribution in [0, 0.1) is 0 Å². The van der Waals surface area contributed by atoms with E-state index < -0.39 is 0 Å². The van der Waals surface area contributed by atoms with Gasteiger partial charge in [-0.1, -0.05) is 30.3 Å². The Kier molecular flexibility index (Phi) is 2.78. The van der Waals surface area contributed by atoms with Crippen LogP contribution in [0.15, 0.2) is 35.4 Å². The van der Waals surface area contributed by atoms with Gasteiger partial charge in [0, 0.05) is 6.54 Å². The monoisotopic (exact) mass is 203 g/mol. The molecule has 0 spiro atoms. The van der Waals surface area contributed by atoms with Gasteiger partial charge in [-0.3, -0.25) is 4.79 Å². The van der Waals surface area contributed by atoms with E-state index >= 15 is 0 Å². The van der Waals surface area contributed by atoms with Gasteiger partial charge in [0.05, 0.1) is 18.7 Å². The third kappa shape index (κ3) is 2.05. The predicted molar refractivity (Wildman–Crippen MR) is 58.4 cm³/mol. The normalized spacial score (nSPS) is 15.7. The standard InChI is InChI=1S/C11H13N3O/c12-6-7-14-11(15)8-10(13-14)9-4-2-1-3-5-9/h1-5H,6-8,12H2. The Morgan fingerprint density at radius 1 is 1.33 bits per heavy atom. The van der Waals surface area contributed by atoms with Gasteiger partial charge in [-0.2, -0.15) is 5.10 Å². The number of hydrazone groups is 1. The molecule has 1 aliphatic rings. The zero-order valence-electron chi connectivity index (χ0n) is 8.39. The van der Waals surface area contributed by atoms with Crippen molar-refractivity contribution >= 4 is 11.6 Å². The molecule has 1 aliphatic heterocycles. The predicted octanol–water partition coefficient (Wildman–Crippen LogP) is 0.582. The molecular weight excluding hydrogens is 190 g/mol. The van der Waals surface area contributed by atoms with Crippen molar-refractivity contribution < 1.29 is 4.79 Å². The van der Waals surface area contributed by atoms with Crippen LogP contribution in [-0.2, 0) is 4.79 Å². The molecule has 2 rings (SSSR count). The Bertz CT molecular complexity index is 386. The third-order valence-corrected chi connectivity index (χ3v) is 2.30. The molecular formula is C11H13N3O. The lowest BCUT2D eigenvalue weighted by Crippen LogP contribution is -2.26. The van der Waals surface area contributed by atoms with Crippen LogP contribution in [-0.4, -0.2) is 29.7 Å². The minimum absolute atomic E-state index is 0.0271. The summed E-state index contributed by atoms with van der Waals surface area (Å²) in [6, 6.07) is 9.73. The van der Waals surface area contributed by atoms with Crippen LogP contribution < -0.4 is 5.73 Å². The first-order valence-corrected chi connectivity index (χ1v) is 4.94. The Morgan fingerprint density at radius 3 is 2.73 bits per heavy atom. The smallest absolute Gasteiger partial charge is 0.248 e. The van der Waals surface area contributed by atoms with Crippen LogP contribution >= 0.6 is 0 Å². The minimum atomic E-state index is 0.0271. The van der Waals surface area contributed by atoms with Crippen molar-refractivity contribution in [2.45, 2.75) is 6.42 Å². The number of hydrogen-bond acceptors (Lipinski definition) is 3. The van der Waals surface area contributed by atoms with Crippen LogP contribution in [0.1, 0.15) is 12.0 Å². The molecule has 0 saturated carbocycles. The van der Waals surface area contributed by atoms with Crippen molar-refractivity contribution in [2.24, 2.45) is 10.8 Å². The Morgan fingerprint density at radius 2 is 2.07 bits per heavy atom. The highest BCUT2D eigenvalue weighted by Gasteiger charge is 2.23. The molecule has 1 heterocycles. The Balaban J connectivity index is 2.19. The summed E-state index contributed by atoms with van der Waals surface area (Å²) in [5.74, 6) is 0.0271. The van der Waals surface area contributed by atoms with Gasteiger partial charge < -0.3 is 5.73 Å². The number of carbonyl (C=O) groups excluding carboxylic acids is 1. The third-order valence-electron chi connectivity index (χ3n) is 2.30. The second-order valence-corrected chi connectivity index (χ2v) is 3.40. The lowest BCUT2D eigenvalue weighted by atomic mass is 10.1. The lowest BCUT2D eigenvalue weighted by Gasteiger charge is -2.08. The quantitative estimate of drug-likeness (QED) is 0.781. The minimum Gasteiger partial charge on any atom is -0.329 e. The van der Waals surface area contributed by atoms with Crippen LogP contribution in [0.3, 0.4) is 0 Å². The highest BCUT2D eigenvalue weighted by atomic mass is 16.2. The summed E-state index contributed by atoms with van der Waals surface area (Å²) in [6.45, 7) is 0.937. The first-order chi connectivity index (χ1) is 7.31. The highest BCUT2D eigenvalue weighted by Crippen LogP contribution is 2.13. The molecule has 2 N–H and O–H groups in total. The molecule has 0 bridgehead atoms. The number of carbonyl (C=O) groups is 1. The van der Waals surface area contributed by atoms with Gasteiger partial charge in [-0.05, 0) is 5.56 Å². The van der Waals surface area contributed by atoms with Gasteiger partial charge in [0.15, 0.2) is 0 Å². The average Bonchev–Trinajstić information content (AvgIpc) is 2.63. The Hall–Kier alpha value is -1.68. The summed E-state index contributed by atoms with van der Waals surface area (Å²) in [5.41, 5.74) is 7.22. The Labute approximate surface area is 88.4 Å². The molecule has 0 fully saturated rings. The molecule has 0 saturated heterocycles. The second kappa shape index (κ2) is 4.23. The van der Waals surface area contributed by atoms with Gasteiger partial charge in [0.1, 0.15) is 0 Å². The summed E-state index contributed by atoms with van der Waals surface area (Å²) in [6.07, 6.45) is 0.379. The molecule has 4 heteroatoms. The number of rotatable bonds is 3. The van der Waals surface area contributed by atoms with Crippen LogP contribution in [0.25, 0.3) is 0 Å². The van der Waals surface area contributed by atoms with Crippen molar-refractivity contribution in [2.75, 3.05) is 13.1 Å². The summed E-state index contributed by atoms with van der Waals surface area (Å²) in [5, 5.41) is 5.70. The molecule has 0 aromatic heterocycles. The van der Waals surface area contributed by atoms with E-state index in [0.717, 1.165) is 11.3 Å². The number of benzene rings is 1. The first kappa shape index (κ1) is 9.86. The fraction of sp³-hybridized carbons (Fsp3) is 0.273. The summed E-state index contributed by atoms with van der Waals surface area (Å²) in [7, 11) is 0. The summed E-state index contributed by atoms with van der Waals surface area (Å²) < 4.78 is 0. The molecule has 1 amide bonds. The number of amides is 1. The second-order valence-electron chi connectivity index (χ2n) is 3.40. The van der Waals surface area contributed by atoms with E-state index in [1.807, 2.05) is 30.3 Å². The van der Waals surface area contributed by atoms with Gasteiger partial charge in [0.25, 0.3) is 0 Å². The van der Waals surface area contributed by atoms with Crippen molar-refractivity contribution in [3.63, 3.8) is 0 Å². The van der Waals surface area contributed by atoms with Crippen molar-refractivity contribution in [3.8, 4) is 0 Å². The molecule has 78 valence electrons. The molecule has 15 heavy (non-hydrogen) atoms. The van der Waals surface area contributed by atoms with E-state index in [4.69, 9.17) is 5.73 Å². The maximum Gasteiger partial charge on any atom is 0.248 e. The molecule has 1 aromatic rings. The van der Waals surface area contributed by atoms with Crippen LogP contribution in [0.2, 0.25) is 0 Å². The average molecular weight is 203 g/mol. The van der Waals surface area contributed by atoms with E-state index in [1.54, 1.807) is 0 Å². The number of nitrogens with two attached hydrogens (primary N) is 1. The highest BCUT2D eigenvalue weighted by molar-refractivity contribution is 6.13. The van der Waals surface area contributed by atoms with Gasteiger partial charge in [0.2, 0.25) is 5.91 Å². The summed E-state index contributed by atoms with van der Waals surface area (Å²) >= 11 is 0. The fourth-order valence-corrected chi connectivity index (χ4v) is 1.56. The van der Waals surface area contributed by atoms with E-state index in [1.165, 1.54) is 5.01 Å². The molecule has 0 unspecified atom stereocenters. The number of hydrogen-bond donors (Lipinski definition) is 1. The zero-order valence-corrected chi connectivity index (χ0v) is 8.39. The maximum absolute atomic E-state index is 11.5. The molecule has 0 aliphatic carbocycles. The zero-order chi connectivity index (χ0) is 10.7. The van der Waals surface area contributed by atoms with Crippen LogP contribution in [0.5, 0.6) is 0 Å². The van der Waals surface area contributed by atoms with Gasteiger partial charge >= 0.3 is 0 Å². The first-order valence-electron chi connectivity index (χ1n) is 4.94. The van der Waals surface area contributed by atoms with E-state index in [9.17, 15) is 4.79 Å². The van der Waals surface area contributed by atoms with Gasteiger partial charge in [-0.15, -0.1) is 0 Å². The van der Waals surface area contributed by atoms with Crippen molar-refractivity contribution in [3.05, 3.63) is 35.9 Å². The SMILES string of the molecule is NCCN1N=C(c2ccccc2)CC1=O. The van der Waals surface area contributed by atoms with Gasteiger partial charge in [-0.25, -0.2) is 5.01 Å². The van der Waals surface area contributed by atoms with Crippen LogP contribution in [0.4, 0.5) is 0 Å². The summed E-state index contributed by atoms with van der Waals surface area (Å²) in [4.78, 5) is 11.5.